The van der Waals surface area contributed by atoms with E-state index in [-0.39, 0.29) is 6.10 Å². The van der Waals surface area contributed by atoms with E-state index in [2.05, 4.69) is 50.1 Å². The SMILES string of the molecule is OC1CCN(Cc2ccccc2NCc2cn3ccnc3s2)CC1. The van der Waals surface area contributed by atoms with Crippen molar-refractivity contribution in [2.75, 3.05) is 18.4 Å². The van der Waals surface area contributed by atoms with Gasteiger partial charge in [-0.05, 0) is 24.5 Å². The zero-order valence-electron chi connectivity index (χ0n) is 13.6. The summed E-state index contributed by atoms with van der Waals surface area (Å²) in [5, 5.41) is 13.2. The van der Waals surface area contributed by atoms with Crippen LogP contribution in [-0.2, 0) is 13.1 Å². The average Bonchev–Trinajstić information content (AvgIpc) is 3.18. The topological polar surface area (TPSA) is 52.8 Å². The lowest BCUT2D eigenvalue weighted by Gasteiger charge is -2.30. The van der Waals surface area contributed by atoms with Crippen LogP contribution in [0.5, 0.6) is 0 Å². The Bertz CT molecular complexity index is 776. The number of piperidine rings is 1. The van der Waals surface area contributed by atoms with Gasteiger partial charge in [-0.3, -0.25) is 9.30 Å². The minimum absolute atomic E-state index is 0.118. The van der Waals surface area contributed by atoms with E-state index >= 15 is 0 Å². The second-order valence-corrected chi connectivity index (χ2v) is 7.43. The van der Waals surface area contributed by atoms with Crippen molar-refractivity contribution in [1.82, 2.24) is 14.3 Å². The predicted octanol–water partition coefficient (Wildman–Crippen LogP) is 2.96. The van der Waals surface area contributed by atoms with Crippen molar-refractivity contribution in [1.29, 1.82) is 0 Å². The van der Waals surface area contributed by atoms with E-state index in [1.54, 1.807) is 11.3 Å². The highest BCUT2D eigenvalue weighted by Crippen LogP contribution is 2.22. The molecule has 1 aromatic carbocycles. The van der Waals surface area contributed by atoms with Crippen LogP contribution in [0.25, 0.3) is 4.96 Å². The van der Waals surface area contributed by atoms with E-state index < -0.39 is 0 Å². The van der Waals surface area contributed by atoms with Crippen molar-refractivity contribution in [3.63, 3.8) is 0 Å². The van der Waals surface area contributed by atoms with Gasteiger partial charge in [0.05, 0.1) is 12.6 Å². The molecule has 126 valence electrons. The molecule has 4 rings (SSSR count). The Kier molecular flexibility index (Phi) is 4.51. The highest BCUT2D eigenvalue weighted by molar-refractivity contribution is 7.17. The van der Waals surface area contributed by atoms with Gasteiger partial charge in [0.25, 0.3) is 0 Å². The van der Waals surface area contributed by atoms with E-state index in [1.807, 2.05) is 12.4 Å². The van der Waals surface area contributed by atoms with Crippen molar-refractivity contribution in [2.45, 2.75) is 32.0 Å². The Labute approximate surface area is 145 Å². The molecule has 1 saturated heterocycles. The van der Waals surface area contributed by atoms with Crippen LogP contribution in [0, 0.1) is 0 Å². The maximum Gasteiger partial charge on any atom is 0.193 e. The summed E-state index contributed by atoms with van der Waals surface area (Å²) in [5.41, 5.74) is 2.50. The summed E-state index contributed by atoms with van der Waals surface area (Å²) in [4.78, 5) is 9.05. The van der Waals surface area contributed by atoms with Crippen LogP contribution in [-0.4, -0.2) is 38.6 Å². The van der Waals surface area contributed by atoms with Crippen molar-refractivity contribution in [3.8, 4) is 0 Å². The van der Waals surface area contributed by atoms with Gasteiger partial charge in [0.2, 0.25) is 0 Å². The zero-order valence-corrected chi connectivity index (χ0v) is 14.4. The lowest BCUT2D eigenvalue weighted by molar-refractivity contribution is 0.0793. The summed E-state index contributed by atoms with van der Waals surface area (Å²) < 4.78 is 2.06. The molecule has 0 spiro atoms. The Balaban J connectivity index is 1.42. The first-order chi connectivity index (χ1) is 11.8. The lowest BCUT2D eigenvalue weighted by atomic mass is 10.1. The number of aliphatic hydroxyl groups is 1. The number of likely N-dealkylation sites (tertiary alicyclic amines) is 1. The molecule has 6 heteroatoms. The van der Waals surface area contributed by atoms with Crippen LogP contribution in [0.3, 0.4) is 0 Å². The fourth-order valence-corrected chi connectivity index (χ4v) is 4.07. The molecule has 0 amide bonds. The summed E-state index contributed by atoms with van der Waals surface area (Å²) in [6.45, 7) is 3.68. The van der Waals surface area contributed by atoms with Crippen LogP contribution in [0.1, 0.15) is 23.3 Å². The Hall–Kier alpha value is -1.89. The molecule has 5 nitrogen and oxygen atoms in total. The van der Waals surface area contributed by atoms with Gasteiger partial charge in [-0.1, -0.05) is 29.5 Å². The normalized spacial score (nSPS) is 16.7. The molecule has 2 aromatic heterocycles. The fourth-order valence-electron chi connectivity index (χ4n) is 3.19. The number of nitrogens with one attached hydrogen (secondary N) is 1. The molecule has 3 aromatic rings. The van der Waals surface area contributed by atoms with Crippen molar-refractivity contribution < 1.29 is 5.11 Å². The predicted molar refractivity (Wildman–Crippen MR) is 97.4 cm³/mol. The molecule has 0 bridgehead atoms. The van der Waals surface area contributed by atoms with Gasteiger partial charge in [-0.2, -0.15) is 0 Å². The van der Waals surface area contributed by atoms with Gasteiger partial charge in [-0.25, -0.2) is 4.98 Å². The third-order valence-electron chi connectivity index (χ3n) is 4.56. The summed E-state index contributed by atoms with van der Waals surface area (Å²) in [5.74, 6) is 0. The highest BCUT2D eigenvalue weighted by atomic mass is 32.1. The Morgan fingerprint density at radius 2 is 2.08 bits per heavy atom. The molecule has 1 aliphatic heterocycles. The van der Waals surface area contributed by atoms with Crippen molar-refractivity contribution >= 4 is 22.0 Å². The number of hydrogen-bond acceptors (Lipinski definition) is 5. The summed E-state index contributed by atoms with van der Waals surface area (Å²) >= 11 is 1.72. The summed E-state index contributed by atoms with van der Waals surface area (Å²) in [6.07, 6.45) is 7.58. The molecule has 0 unspecified atom stereocenters. The van der Waals surface area contributed by atoms with Gasteiger partial charge in [0, 0.05) is 48.8 Å². The second-order valence-electron chi connectivity index (χ2n) is 6.33. The van der Waals surface area contributed by atoms with Gasteiger partial charge < -0.3 is 10.4 Å². The number of para-hydroxylation sites is 1. The van der Waals surface area contributed by atoms with Gasteiger partial charge >= 0.3 is 0 Å². The van der Waals surface area contributed by atoms with Crippen LogP contribution in [0.2, 0.25) is 0 Å². The van der Waals surface area contributed by atoms with E-state index in [4.69, 9.17) is 0 Å². The summed E-state index contributed by atoms with van der Waals surface area (Å²) in [7, 11) is 0. The molecule has 0 radical (unpaired) electrons. The molecule has 0 aliphatic carbocycles. The number of hydrogen-bond donors (Lipinski definition) is 2. The number of fused-ring (bicyclic) bond motifs is 1. The number of aromatic nitrogens is 2. The highest BCUT2D eigenvalue weighted by Gasteiger charge is 2.17. The molecular weight excluding hydrogens is 320 g/mol. The molecule has 0 saturated carbocycles. The third-order valence-corrected chi connectivity index (χ3v) is 5.57. The minimum atomic E-state index is -0.118. The van der Waals surface area contributed by atoms with Crippen LogP contribution >= 0.6 is 11.3 Å². The van der Waals surface area contributed by atoms with E-state index in [0.717, 1.165) is 44.0 Å². The van der Waals surface area contributed by atoms with Gasteiger partial charge in [0.15, 0.2) is 4.96 Å². The van der Waals surface area contributed by atoms with Gasteiger partial charge in [0.1, 0.15) is 0 Å². The number of rotatable bonds is 5. The first-order valence-corrected chi connectivity index (χ1v) is 9.23. The molecule has 0 atom stereocenters. The van der Waals surface area contributed by atoms with E-state index in [0.29, 0.717) is 0 Å². The van der Waals surface area contributed by atoms with Crippen LogP contribution < -0.4 is 5.32 Å². The smallest absolute Gasteiger partial charge is 0.193 e. The fraction of sp³-hybridized carbons (Fsp3) is 0.389. The minimum Gasteiger partial charge on any atom is -0.393 e. The maximum absolute atomic E-state index is 9.66. The largest absolute Gasteiger partial charge is 0.393 e. The van der Waals surface area contributed by atoms with E-state index in [1.165, 1.54) is 16.1 Å². The number of imidazole rings is 1. The molecule has 24 heavy (non-hydrogen) atoms. The number of thiazole rings is 1. The molecule has 1 aliphatic rings. The second kappa shape index (κ2) is 6.93. The lowest BCUT2D eigenvalue weighted by Crippen LogP contribution is -2.35. The van der Waals surface area contributed by atoms with Crippen LogP contribution in [0.4, 0.5) is 5.69 Å². The molecule has 2 N–H and O–H groups in total. The number of nitrogens with zero attached hydrogens (tertiary/aromatic N) is 3. The zero-order chi connectivity index (χ0) is 16.4. The quantitative estimate of drug-likeness (QED) is 0.748. The van der Waals surface area contributed by atoms with Gasteiger partial charge in [-0.15, -0.1) is 0 Å². The van der Waals surface area contributed by atoms with Crippen LogP contribution in [0.15, 0.2) is 42.9 Å². The summed E-state index contributed by atoms with van der Waals surface area (Å²) in [6, 6.07) is 8.51. The Morgan fingerprint density at radius 1 is 1.25 bits per heavy atom. The van der Waals surface area contributed by atoms with Crippen molar-refractivity contribution in [2.24, 2.45) is 0 Å². The first kappa shape index (κ1) is 15.6. The monoisotopic (exact) mass is 342 g/mol. The first-order valence-electron chi connectivity index (χ1n) is 8.41. The standard InChI is InChI=1S/C18H22N4OS/c23-15-5-8-21(9-6-15)12-14-3-1-2-4-17(14)20-11-16-13-22-10-7-19-18(22)24-16/h1-4,7,10,13,15,20,23H,5-6,8-9,11-12H2. The number of aliphatic hydroxyl groups excluding tert-OH is 1. The molecule has 1 fully saturated rings. The number of anilines is 1. The number of benzene rings is 1. The van der Waals surface area contributed by atoms with E-state index in [9.17, 15) is 5.11 Å². The molecule has 3 heterocycles. The third kappa shape index (κ3) is 3.45. The Morgan fingerprint density at radius 3 is 2.92 bits per heavy atom. The molecular formula is C18H22N4OS. The average molecular weight is 342 g/mol. The van der Waals surface area contributed by atoms with Crippen molar-refractivity contribution in [3.05, 3.63) is 53.3 Å². The maximum atomic E-state index is 9.66.